The van der Waals surface area contributed by atoms with Crippen LogP contribution < -0.4 is 5.32 Å². The van der Waals surface area contributed by atoms with Gasteiger partial charge in [0.2, 0.25) is 0 Å². The number of hydrogen-bond acceptors (Lipinski definition) is 4. The van der Waals surface area contributed by atoms with E-state index in [1.165, 1.54) is 0 Å². The summed E-state index contributed by atoms with van der Waals surface area (Å²) >= 11 is 3.43. The maximum Gasteiger partial charge on any atom is 0.162 e. The molecule has 1 unspecified atom stereocenters. The number of nitrogens with zero attached hydrogens (tertiary/aromatic N) is 2. The van der Waals surface area contributed by atoms with Crippen LogP contribution in [0.4, 0.5) is 5.82 Å². The molecule has 0 fully saturated rings. The lowest BCUT2D eigenvalue weighted by atomic mass is 10.0. The summed E-state index contributed by atoms with van der Waals surface area (Å²) in [5.74, 6) is 1.54. The molecule has 0 saturated carbocycles. The quantitative estimate of drug-likeness (QED) is 0.875. The van der Waals surface area contributed by atoms with Crippen LogP contribution in [0.25, 0.3) is 0 Å². The van der Waals surface area contributed by atoms with E-state index in [0.29, 0.717) is 6.61 Å². The summed E-state index contributed by atoms with van der Waals surface area (Å²) in [6.45, 7) is 9.60. The fourth-order valence-electron chi connectivity index (χ4n) is 1.56. The third-order valence-electron chi connectivity index (χ3n) is 2.70. The average Bonchev–Trinajstić information content (AvgIpc) is 2.32. The van der Waals surface area contributed by atoms with Gasteiger partial charge in [-0.1, -0.05) is 6.92 Å². The molecule has 96 valence electrons. The Morgan fingerprint density at radius 1 is 1.41 bits per heavy atom. The lowest BCUT2D eigenvalue weighted by molar-refractivity contribution is -0.0389. The highest BCUT2D eigenvalue weighted by atomic mass is 79.9. The van der Waals surface area contributed by atoms with Crippen LogP contribution in [0.15, 0.2) is 10.7 Å². The highest BCUT2D eigenvalue weighted by Gasteiger charge is 2.28. The van der Waals surface area contributed by atoms with Crippen molar-refractivity contribution in [2.24, 2.45) is 0 Å². The SMILES string of the molecule is CCNc1nc(C(C)(CC)OCC)ncc1Br. The van der Waals surface area contributed by atoms with Gasteiger partial charge in [0, 0.05) is 19.3 Å². The van der Waals surface area contributed by atoms with Gasteiger partial charge in [-0.05, 0) is 43.1 Å². The van der Waals surface area contributed by atoms with Gasteiger partial charge in [-0.3, -0.25) is 0 Å². The van der Waals surface area contributed by atoms with Gasteiger partial charge in [-0.15, -0.1) is 0 Å². The summed E-state index contributed by atoms with van der Waals surface area (Å²) in [5, 5.41) is 3.20. The van der Waals surface area contributed by atoms with Crippen LogP contribution in [0.5, 0.6) is 0 Å². The van der Waals surface area contributed by atoms with Crippen molar-refractivity contribution in [3.63, 3.8) is 0 Å². The number of aromatic nitrogens is 2. The van der Waals surface area contributed by atoms with Crippen LogP contribution in [-0.2, 0) is 10.3 Å². The van der Waals surface area contributed by atoms with Gasteiger partial charge in [0.05, 0.1) is 4.47 Å². The maximum absolute atomic E-state index is 5.77. The van der Waals surface area contributed by atoms with E-state index in [2.05, 4.69) is 38.1 Å². The molecule has 0 bridgehead atoms. The monoisotopic (exact) mass is 301 g/mol. The smallest absolute Gasteiger partial charge is 0.162 e. The van der Waals surface area contributed by atoms with E-state index in [9.17, 15) is 0 Å². The standard InChI is InChI=1S/C12H20BrN3O/c1-5-12(4,17-7-3)11-15-8-9(13)10(16-11)14-6-2/h8H,5-7H2,1-4H3,(H,14,15,16). The largest absolute Gasteiger partial charge is 0.369 e. The molecule has 0 saturated heterocycles. The van der Waals surface area contributed by atoms with Gasteiger partial charge in [-0.25, -0.2) is 9.97 Å². The number of rotatable bonds is 6. The number of anilines is 1. The first-order chi connectivity index (χ1) is 8.07. The van der Waals surface area contributed by atoms with Crippen molar-refractivity contribution in [1.29, 1.82) is 0 Å². The molecule has 5 heteroatoms. The van der Waals surface area contributed by atoms with Crippen LogP contribution in [0.2, 0.25) is 0 Å². The zero-order chi connectivity index (χ0) is 12.9. The zero-order valence-electron chi connectivity index (χ0n) is 10.9. The molecule has 1 heterocycles. The van der Waals surface area contributed by atoms with Crippen LogP contribution in [0.3, 0.4) is 0 Å². The minimum atomic E-state index is -0.417. The van der Waals surface area contributed by atoms with Crippen LogP contribution in [0.1, 0.15) is 39.9 Å². The van der Waals surface area contributed by atoms with E-state index in [0.717, 1.165) is 29.1 Å². The summed E-state index contributed by atoms with van der Waals surface area (Å²) in [6.07, 6.45) is 2.61. The predicted molar refractivity (Wildman–Crippen MR) is 73.2 cm³/mol. The Bertz CT molecular complexity index is 373. The summed E-state index contributed by atoms with van der Waals surface area (Å²) in [4.78, 5) is 8.89. The fraction of sp³-hybridized carbons (Fsp3) is 0.667. The van der Waals surface area contributed by atoms with Crippen molar-refractivity contribution in [3.8, 4) is 0 Å². The number of ether oxygens (including phenoxy) is 1. The van der Waals surface area contributed by atoms with Crippen molar-refractivity contribution in [1.82, 2.24) is 9.97 Å². The van der Waals surface area contributed by atoms with Gasteiger partial charge in [0.25, 0.3) is 0 Å². The van der Waals surface area contributed by atoms with Crippen molar-refractivity contribution < 1.29 is 4.74 Å². The number of hydrogen-bond donors (Lipinski definition) is 1. The van der Waals surface area contributed by atoms with Gasteiger partial charge in [0.15, 0.2) is 5.82 Å². The molecule has 0 aliphatic heterocycles. The maximum atomic E-state index is 5.77. The molecular weight excluding hydrogens is 282 g/mol. The van der Waals surface area contributed by atoms with E-state index in [1.54, 1.807) is 6.20 Å². The third-order valence-corrected chi connectivity index (χ3v) is 3.28. The lowest BCUT2D eigenvalue weighted by Crippen LogP contribution is -2.28. The number of halogens is 1. The highest BCUT2D eigenvalue weighted by Crippen LogP contribution is 2.28. The summed E-state index contributed by atoms with van der Waals surface area (Å²) in [7, 11) is 0. The molecule has 1 rings (SSSR count). The Hall–Kier alpha value is -0.680. The Labute approximate surface area is 111 Å². The molecule has 17 heavy (non-hydrogen) atoms. The molecule has 0 aromatic carbocycles. The summed E-state index contributed by atoms with van der Waals surface area (Å²) < 4.78 is 6.64. The van der Waals surface area contributed by atoms with Crippen LogP contribution >= 0.6 is 15.9 Å². The Balaban J connectivity index is 3.08. The van der Waals surface area contributed by atoms with Gasteiger partial charge < -0.3 is 10.1 Å². The molecule has 0 radical (unpaired) electrons. The van der Waals surface area contributed by atoms with Crippen molar-refractivity contribution in [3.05, 3.63) is 16.5 Å². The Morgan fingerprint density at radius 2 is 2.12 bits per heavy atom. The van der Waals surface area contributed by atoms with Crippen molar-refractivity contribution in [2.75, 3.05) is 18.5 Å². The minimum Gasteiger partial charge on any atom is -0.369 e. The van der Waals surface area contributed by atoms with Gasteiger partial charge in [0.1, 0.15) is 11.4 Å². The number of nitrogens with one attached hydrogen (secondary N) is 1. The molecule has 0 amide bonds. The Morgan fingerprint density at radius 3 is 2.65 bits per heavy atom. The average molecular weight is 302 g/mol. The third kappa shape index (κ3) is 3.39. The minimum absolute atomic E-state index is 0.417. The molecule has 4 nitrogen and oxygen atoms in total. The molecule has 1 atom stereocenters. The normalized spacial score (nSPS) is 14.4. The first-order valence-corrected chi connectivity index (χ1v) is 6.77. The van der Waals surface area contributed by atoms with Crippen molar-refractivity contribution >= 4 is 21.7 Å². The topological polar surface area (TPSA) is 47.0 Å². The second kappa shape index (κ2) is 6.31. The molecule has 0 aliphatic rings. The van der Waals surface area contributed by atoms with Gasteiger partial charge in [-0.2, -0.15) is 0 Å². The Kier molecular flexibility index (Phi) is 5.33. The second-order valence-corrected chi connectivity index (χ2v) is 4.79. The molecular formula is C12H20BrN3O. The molecule has 0 spiro atoms. The van der Waals surface area contributed by atoms with E-state index in [4.69, 9.17) is 4.74 Å². The summed E-state index contributed by atoms with van der Waals surface area (Å²) in [5.41, 5.74) is -0.417. The fourth-order valence-corrected chi connectivity index (χ4v) is 1.89. The first kappa shape index (κ1) is 14.4. The highest BCUT2D eigenvalue weighted by molar-refractivity contribution is 9.10. The molecule has 1 aromatic heterocycles. The lowest BCUT2D eigenvalue weighted by Gasteiger charge is -2.26. The van der Waals surface area contributed by atoms with Gasteiger partial charge >= 0.3 is 0 Å². The summed E-state index contributed by atoms with van der Waals surface area (Å²) in [6, 6.07) is 0. The zero-order valence-corrected chi connectivity index (χ0v) is 12.5. The second-order valence-electron chi connectivity index (χ2n) is 3.94. The van der Waals surface area contributed by atoms with Crippen LogP contribution in [0, 0.1) is 0 Å². The van der Waals surface area contributed by atoms with E-state index >= 15 is 0 Å². The van der Waals surface area contributed by atoms with E-state index in [-0.39, 0.29) is 0 Å². The predicted octanol–water partition coefficient (Wildman–Crippen LogP) is 3.33. The van der Waals surface area contributed by atoms with E-state index < -0.39 is 5.60 Å². The van der Waals surface area contributed by atoms with E-state index in [1.807, 2.05) is 20.8 Å². The van der Waals surface area contributed by atoms with Crippen LogP contribution in [-0.4, -0.2) is 23.1 Å². The first-order valence-electron chi connectivity index (χ1n) is 5.98. The molecule has 1 aromatic rings. The molecule has 0 aliphatic carbocycles. The van der Waals surface area contributed by atoms with Crippen molar-refractivity contribution in [2.45, 2.75) is 39.7 Å². The molecule has 1 N–H and O–H groups in total.